The molecule has 0 aliphatic carbocycles. The minimum absolute atomic E-state index is 0.00525. The van der Waals surface area contributed by atoms with Crippen molar-refractivity contribution in [2.45, 2.75) is 19.4 Å². The van der Waals surface area contributed by atoms with Gasteiger partial charge in [0.1, 0.15) is 0 Å². The van der Waals surface area contributed by atoms with Gasteiger partial charge in [0.05, 0.1) is 6.42 Å². The van der Waals surface area contributed by atoms with E-state index in [4.69, 9.17) is 5.11 Å². The molecule has 1 aromatic carbocycles. The Kier molecular flexibility index (Phi) is 6.02. The Morgan fingerprint density at radius 3 is 2.47 bits per heavy atom. The second-order valence-electron chi connectivity index (χ2n) is 4.50. The van der Waals surface area contributed by atoms with E-state index >= 15 is 0 Å². The highest BCUT2D eigenvalue weighted by Gasteiger charge is 2.09. The number of nitrogens with zero attached hydrogens (tertiary/aromatic N) is 1. The first-order chi connectivity index (χ1) is 9.02. The van der Waals surface area contributed by atoms with Crippen LogP contribution in [0.1, 0.15) is 17.5 Å². The molecule has 0 radical (unpaired) electrons. The van der Waals surface area contributed by atoms with Gasteiger partial charge in [0.2, 0.25) is 5.91 Å². The average Bonchev–Trinajstić information content (AvgIpc) is 2.37. The molecule has 0 bridgehead atoms. The number of carbonyl (C=O) groups excluding carboxylic acids is 1. The fourth-order valence-corrected chi connectivity index (χ4v) is 1.83. The summed E-state index contributed by atoms with van der Waals surface area (Å²) in [5.74, 6) is -0.828. The van der Waals surface area contributed by atoms with Gasteiger partial charge in [-0.25, -0.2) is 0 Å². The number of aliphatic carboxylic acids is 1. The van der Waals surface area contributed by atoms with Gasteiger partial charge in [0.15, 0.2) is 0 Å². The third-order valence-corrected chi connectivity index (χ3v) is 2.90. The van der Waals surface area contributed by atoms with Crippen molar-refractivity contribution in [2.75, 3.05) is 20.6 Å². The molecule has 1 aromatic rings. The van der Waals surface area contributed by atoms with E-state index in [1.807, 2.05) is 36.2 Å². The maximum atomic E-state index is 11.2. The lowest BCUT2D eigenvalue weighted by Gasteiger charge is -2.18. The van der Waals surface area contributed by atoms with Gasteiger partial charge in [0.25, 0.3) is 0 Å². The van der Waals surface area contributed by atoms with Gasteiger partial charge in [-0.2, -0.15) is 0 Å². The number of hydrogen-bond acceptors (Lipinski definition) is 3. The highest BCUT2D eigenvalue weighted by atomic mass is 16.4. The quantitative estimate of drug-likeness (QED) is 0.767. The standard InChI is InChI=1S/C14H20N2O3/c1-15-13(17)7-8-16(2)10-12-6-4-3-5-11(12)9-14(18)19/h3-6H,7-10H2,1-2H3,(H,15,17)(H,18,19). The van der Waals surface area contributed by atoms with Crippen molar-refractivity contribution in [3.05, 3.63) is 35.4 Å². The van der Waals surface area contributed by atoms with Crippen LogP contribution in [0.2, 0.25) is 0 Å². The Morgan fingerprint density at radius 1 is 1.26 bits per heavy atom. The van der Waals surface area contributed by atoms with E-state index in [0.717, 1.165) is 11.1 Å². The van der Waals surface area contributed by atoms with Crippen molar-refractivity contribution in [3.8, 4) is 0 Å². The Balaban J connectivity index is 2.60. The molecular formula is C14H20N2O3. The number of carboxylic acid groups (broad SMARTS) is 1. The number of carboxylic acids is 1. The molecule has 1 rings (SSSR count). The zero-order chi connectivity index (χ0) is 14.3. The molecule has 5 heteroatoms. The van der Waals surface area contributed by atoms with Gasteiger partial charge in [-0.15, -0.1) is 0 Å². The van der Waals surface area contributed by atoms with Crippen LogP contribution in [-0.4, -0.2) is 42.5 Å². The smallest absolute Gasteiger partial charge is 0.307 e. The van der Waals surface area contributed by atoms with E-state index < -0.39 is 5.97 Å². The second-order valence-corrected chi connectivity index (χ2v) is 4.50. The van der Waals surface area contributed by atoms with Gasteiger partial charge >= 0.3 is 5.97 Å². The average molecular weight is 264 g/mol. The van der Waals surface area contributed by atoms with Crippen molar-refractivity contribution in [2.24, 2.45) is 0 Å². The van der Waals surface area contributed by atoms with Gasteiger partial charge in [0, 0.05) is 26.6 Å². The molecule has 0 heterocycles. The van der Waals surface area contributed by atoms with Gasteiger partial charge in [-0.3, -0.25) is 9.59 Å². The summed E-state index contributed by atoms with van der Waals surface area (Å²) in [7, 11) is 3.53. The highest BCUT2D eigenvalue weighted by molar-refractivity contribution is 5.75. The van der Waals surface area contributed by atoms with Crippen molar-refractivity contribution in [1.29, 1.82) is 0 Å². The SMILES string of the molecule is CNC(=O)CCN(C)Cc1ccccc1CC(=O)O. The van der Waals surface area contributed by atoms with Crippen molar-refractivity contribution >= 4 is 11.9 Å². The Hall–Kier alpha value is -1.88. The molecule has 0 saturated carbocycles. The minimum Gasteiger partial charge on any atom is -0.481 e. The molecule has 0 aliphatic heterocycles. The summed E-state index contributed by atoms with van der Waals surface area (Å²) in [5, 5.41) is 11.4. The van der Waals surface area contributed by atoms with Crippen LogP contribution in [0.5, 0.6) is 0 Å². The monoisotopic (exact) mass is 264 g/mol. The second kappa shape index (κ2) is 7.53. The molecular weight excluding hydrogens is 244 g/mol. The largest absolute Gasteiger partial charge is 0.481 e. The molecule has 0 atom stereocenters. The van der Waals surface area contributed by atoms with Crippen LogP contribution in [0.25, 0.3) is 0 Å². The fourth-order valence-electron chi connectivity index (χ4n) is 1.83. The van der Waals surface area contributed by atoms with E-state index in [-0.39, 0.29) is 12.3 Å². The molecule has 0 unspecified atom stereocenters. The molecule has 0 spiro atoms. The lowest BCUT2D eigenvalue weighted by atomic mass is 10.0. The number of carbonyl (C=O) groups is 2. The number of hydrogen-bond donors (Lipinski definition) is 2. The summed E-state index contributed by atoms with van der Waals surface area (Å²) in [6.45, 7) is 1.28. The van der Waals surface area contributed by atoms with Crippen LogP contribution in [0.15, 0.2) is 24.3 Å². The molecule has 0 aliphatic rings. The molecule has 19 heavy (non-hydrogen) atoms. The molecule has 2 N–H and O–H groups in total. The zero-order valence-electron chi connectivity index (χ0n) is 11.3. The van der Waals surface area contributed by atoms with Gasteiger partial charge in [-0.1, -0.05) is 24.3 Å². The number of rotatable bonds is 7. The van der Waals surface area contributed by atoms with E-state index in [2.05, 4.69) is 5.32 Å². The summed E-state index contributed by atoms with van der Waals surface area (Å²) in [5.41, 5.74) is 1.81. The topological polar surface area (TPSA) is 69.6 Å². The molecule has 0 fully saturated rings. The van der Waals surface area contributed by atoms with E-state index in [1.165, 1.54) is 0 Å². The number of benzene rings is 1. The minimum atomic E-state index is -0.833. The summed E-state index contributed by atoms with van der Waals surface area (Å²) >= 11 is 0. The summed E-state index contributed by atoms with van der Waals surface area (Å²) in [6.07, 6.45) is 0.466. The van der Waals surface area contributed by atoms with Crippen LogP contribution in [0, 0.1) is 0 Å². The predicted octanol–water partition coefficient (Wildman–Crippen LogP) is 0.882. The maximum absolute atomic E-state index is 11.2. The van der Waals surface area contributed by atoms with Crippen LogP contribution >= 0.6 is 0 Å². The Morgan fingerprint density at radius 2 is 1.89 bits per heavy atom. The summed E-state index contributed by atoms with van der Waals surface area (Å²) < 4.78 is 0. The van der Waals surface area contributed by atoms with Crippen LogP contribution in [-0.2, 0) is 22.6 Å². The van der Waals surface area contributed by atoms with Gasteiger partial charge < -0.3 is 15.3 Å². The van der Waals surface area contributed by atoms with Crippen LogP contribution in [0.3, 0.4) is 0 Å². The fraction of sp³-hybridized carbons (Fsp3) is 0.429. The first-order valence-corrected chi connectivity index (χ1v) is 6.20. The molecule has 0 saturated heterocycles. The summed E-state index contributed by atoms with van der Waals surface area (Å²) in [4.78, 5) is 24.0. The molecule has 104 valence electrons. The first-order valence-electron chi connectivity index (χ1n) is 6.20. The molecule has 5 nitrogen and oxygen atoms in total. The Bertz CT molecular complexity index is 446. The van der Waals surface area contributed by atoms with E-state index in [0.29, 0.717) is 19.5 Å². The Labute approximate surface area is 113 Å². The van der Waals surface area contributed by atoms with Crippen molar-refractivity contribution in [3.63, 3.8) is 0 Å². The molecule has 1 amide bonds. The first kappa shape index (κ1) is 15.2. The van der Waals surface area contributed by atoms with E-state index in [1.54, 1.807) is 7.05 Å². The van der Waals surface area contributed by atoms with E-state index in [9.17, 15) is 9.59 Å². The lowest BCUT2D eigenvalue weighted by molar-refractivity contribution is -0.136. The highest BCUT2D eigenvalue weighted by Crippen LogP contribution is 2.12. The number of nitrogens with one attached hydrogen (secondary N) is 1. The molecule has 0 aromatic heterocycles. The third-order valence-electron chi connectivity index (χ3n) is 2.90. The van der Waals surface area contributed by atoms with Crippen molar-refractivity contribution < 1.29 is 14.7 Å². The van der Waals surface area contributed by atoms with Crippen LogP contribution < -0.4 is 5.32 Å². The maximum Gasteiger partial charge on any atom is 0.307 e. The summed E-state index contributed by atoms with van der Waals surface area (Å²) in [6, 6.07) is 7.49. The number of amides is 1. The normalized spacial score (nSPS) is 10.5. The van der Waals surface area contributed by atoms with Crippen LogP contribution in [0.4, 0.5) is 0 Å². The van der Waals surface area contributed by atoms with Gasteiger partial charge in [-0.05, 0) is 18.2 Å². The predicted molar refractivity (Wildman–Crippen MR) is 72.8 cm³/mol. The zero-order valence-corrected chi connectivity index (χ0v) is 11.3. The lowest BCUT2D eigenvalue weighted by Crippen LogP contribution is -2.26. The third kappa shape index (κ3) is 5.52. The van der Waals surface area contributed by atoms with Crippen molar-refractivity contribution in [1.82, 2.24) is 10.2 Å².